The fourth-order valence-corrected chi connectivity index (χ4v) is 4.76. The van der Waals surface area contributed by atoms with Gasteiger partial charge in [-0.3, -0.25) is 9.59 Å². The highest BCUT2D eigenvalue weighted by atomic mass is 35.5. The zero-order chi connectivity index (χ0) is 18.1. The van der Waals surface area contributed by atoms with E-state index in [1.807, 2.05) is 41.0 Å². The second-order valence-electron chi connectivity index (χ2n) is 8.22. The van der Waals surface area contributed by atoms with Gasteiger partial charge in [0.05, 0.1) is 0 Å². The van der Waals surface area contributed by atoms with Crippen molar-refractivity contribution in [2.45, 2.75) is 51.1 Å². The molecule has 2 amide bonds. The van der Waals surface area contributed by atoms with Gasteiger partial charge >= 0.3 is 0 Å². The van der Waals surface area contributed by atoms with Crippen LogP contribution in [0.3, 0.4) is 0 Å². The molecule has 148 valence electrons. The number of piperazine rings is 1. The minimum absolute atomic E-state index is 0. The largest absolute Gasteiger partial charge is 0.339 e. The summed E-state index contributed by atoms with van der Waals surface area (Å²) in [5, 5.41) is 3.64. The number of rotatable bonds is 3. The van der Waals surface area contributed by atoms with Crippen molar-refractivity contribution < 1.29 is 9.59 Å². The van der Waals surface area contributed by atoms with Gasteiger partial charge in [-0.1, -0.05) is 17.7 Å². The molecule has 0 aliphatic carbocycles. The number of benzene rings is 1. The van der Waals surface area contributed by atoms with E-state index in [9.17, 15) is 9.59 Å². The Morgan fingerprint density at radius 3 is 2.11 bits per heavy atom. The van der Waals surface area contributed by atoms with Crippen molar-refractivity contribution in [3.05, 3.63) is 35.4 Å². The van der Waals surface area contributed by atoms with Gasteiger partial charge in [-0.25, -0.2) is 0 Å². The van der Waals surface area contributed by atoms with Gasteiger partial charge in [0.15, 0.2) is 0 Å². The Labute approximate surface area is 167 Å². The van der Waals surface area contributed by atoms with Crippen LogP contribution in [0.2, 0.25) is 0 Å². The summed E-state index contributed by atoms with van der Waals surface area (Å²) in [4.78, 5) is 29.1. The van der Waals surface area contributed by atoms with E-state index < -0.39 is 0 Å². The third kappa shape index (κ3) is 4.64. The lowest BCUT2D eigenvalue weighted by atomic mass is 9.89. The van der Waals surface area contributed by atoms with Gasteiger partial charge in [0.1, 0.15) is 0 Å². The molecule has 0 saturated carbocycles. The summed E-state index contributed by atoms with van der Waals surface area (Å²) < 4.78 is 0. The van der Waals surface area contributed by atoms with Crippen molar-refractivity contribution in [3.63, 3.8) is 0 Å². The maximum Gasteiger partial charge on any atom is 0.253 e. The first-order valence-corrected chi connectivity index (χ1v) is 9.98. The fraction of sp³-hybridized carbons (Fsp3) is 0.619. The molecule has 2 bridgehead atoms. The molecule has 3 aliphatic rings. The number of hydrogen-bond acceptors (Lipinski definition) is 3. The molecule has 0 aromatic heterocycles. The van der Waals surface area contributed by atoms with Crippen LogP contribution in [0.25, 0.3) is 0 Å². The predicted octanol–water partition coefficient (Wildman–Crippen LogP) is 2.62. The molecule has 3 saturated heterocycles. The Morgan fingerprint density at radius 2 is 1.52 bits per heavy atom. The Morgan fingerprint density at radius 1 is 0.963 bits per heavy atom. The van der Waals surface area contributed by atoms with Gasteiger partial charge in [0, 0.05) is 50.2 Å². The smallest absolute Gasteiger partial charge is 0.253 e. The molecule has 3 aliphatic heterocycles. The topological polar surface area (TPSA) is 52.7 Å². The molecule has 3 heterocycles. The van der Waals surface area contributed by atoms with Crippen LogP contribution in [-0.2, 0) is 4.79 Å². The van der Waals surface area contributed by atoms with Crippen LogP contribution in [0.4, 0.5) is 0 Å². The van der Waals surface area contributed by atoms with Crippen molar-refractivity contribution in [2.24, 2.45) is 5.92 Å². The maximum atomic E-state index is 12.7. The molecule has 3 fully saturated rings. The van der Waals surface area contributed by atoms with Gasteiger partial charge in [-0.15, -0.1) is 12.4 Å². The molecule has 0 spiro atoms. The number of piperidine rings is 1. The molecule has 4 rings (SSSR count). The van der Waals surface area contributed by atoms with Crippen molar-refractivity contribution in [3.8, 4) is 0 Å². The maximum absolute atomic E-state index is 12.7. The van der Waals surface area contributed by atoms with Crippen LogP contribution in [0.15, 0.2) is 24.3 Å². The first-order chi connectivity index (χ1) is 12.6. The first-order valence-electron chi connectivity index (χ1n) is 9.98. The van der Waals surface area contributed by atoms with Crippen LogP contribution < -0.4 is 5.32 Å². The Kier molecular flexibility index (Phi) is 6.43. The second kappa shape index (κ2) is 8.61. The van der Waals surface area contributed by atoms with Crippen LogP contribution in [-0.4, -0.2) is 59.9 Å². The van der Waals surface area contributed by atoms with Gasteiger partial charge in [0.2, 0.25) is 5.91 Å². The molecule has 1 aromatic rings. The van der Waals surface area contributed by atoms with E-state index in [1.165, 1.54) is 12.8 Å². The van der Waals surface area contributed by atoms with Gasteiger partial charge in [0.25, 0.3) is 5.91 Å². The highest BCUT2D eigenvalue weighted by Crippen LogP contribution is 2.33. The number of amides is 2. The number of hydrogen-bond donors (Lipinski definition) is 1. The molecule has 0 radical (unpaired) electrons. The van der Waals surface area contributed by atoms with Gasteiger partial charge in [-0.05, 0) is 50.7 Å². The average molecular weight is 392 g/mol. The third-order valence-electron chi connectivity index (χ3n) is 6.25. The SMILES string of the molecule is Cc1ccc(C(=O)N2CCN(C(=O)CC3CC4CCC(C3)N4)CC2)cc1.Cl. The van der Waals surface area contributed by atoms with Crippen LogP contribution in [0, 0.1) is 12.8 Å². The number of aryl methyl sites for hydroxylation is 1. The first kappa shape index (κ1) is 20.2. The zero-order valence-electron chi connectivity index (χ0n) is 16.0. The molecular formula is C21H30ClN3O2. The van der Waals surface area contributed by atoms with Gasteiger partial charge < -0.3 is 15.1 Å². The molecule has 2 unspecified atom stereocenters. The molecular weight excluding hydrogens is 362 g/mol. The minimum Gasteiger partial charge on any atom is -0.339 e. The average Bonchev–Trinajstić information content (AvgIpc) is 3.00. The minimum atomic E-state index is 0. The number of carbonyl (C=O) groups is 2. The van der Waals surface area contributed by atoms with E-state index in [-0.39, 0.29) is 24.2 Å². The number of nitrogens with one attached hydrogen (secondary N) is 1. The lowest BCUT2D eigenvalue weighted by molar-refractivity contribution is -0.134. The van der Waals surface area contributed by atoms with E-state index in [1.54, 1.807) is 0 Å². The van der Waals surface area contributed by atoms with Crippen LogP contribution in [0.5, 0.6) is 0 Å². The number of halogens is 1. The van der Waals surface area contributed by atoms with E-state index in [0.717, 1.165) is 24.0 Å². The molecule has 27 heavy (non-hydrogen) atoms. The van der Waals surface area contributed by atoms with E-state index in [2.05, 4.69) is 5.32 Å². The van der Waals surface area contributed by atoms with Crippen molar-refractivity contribution in [1.29, 1.82) is 0 Å². The summed E-state index contributed by atoms with van der Waals surface area (Å²) in [5.74, 6) is 0.888. The zero-order valence-corrected chi connectivity index (χ0v) is 16.8. The molecule has 1 aromatic carbocycles. The summed E-state index contributed by atoms with van der Waals surface area (Å²) in [6.45, 7) is 4.61. The van der Waals surface area contributed by atoms with Gasteiger partial charge in [-0.2, -0.15) is 0 Å². The molecule has 5 nitrogen and oxygen atoms in total. The van der Waals surface area contributed by atoms with E-state index in [4.69, 9.17) is 0 Å². The lowest BCUT2D eigenvalue weighted by Crippen LogP contribution is -2.51. The van der Waals surface area contributed by atoms with Crippen molar-refractivity contribution in [2.75, 3.05) is 26.2 Å². The quantitative estimate of drug-likeness (QED) is 0.861. The fourth-order valence-electron chi connectivity index (χ4n) is 4.76. The van der Waals surface area contributed by atoms with E-state index in [0.29, 0.717) is 50.6 Å². The molecule has 2 atom stereocenters. The lowest BCUT2D eigenvalue weighted by Gasteiger charge is -2.36. The highest BCUT2D eigenvalue weighted by molar-refractivity contribution is 5.94. The Hall–Kier alpha value is -1.59. The number of carbonyl (C=O) groups excluding carboxylic acids is 2. The highest BCUT2D eigenvalue weighted by Gasteiger charge is 2.35. The Bertz CT molecular complexity index is 659. The summed E-state index contributed by atoms with van der Waals surface area (Å²) in [7, 11) is 0. The monoisotopic (exact) mass is 391 g/mol. The normalized spacial score (nSPS) is 27.2. The standard InChI is InChI=1S/C21H29N3O2.ClH/c1-15-2-4-17(5-3-15)21(26)24-10-8-23(9-11-24)20(25)14-16-12-18-6-7-19(13-16)22-18;/h2-5,16,18-19,22H,6-14H2,1H3;1H. The Balaban J connectivity index is 0.00000210. The molecule has 6 heteroatoms. The van der Waals surface area contributed by atoms with Crippen LogP contribution >= 0.6 is 12.4 Å². The number of nitrogens with zero attached hydrogens (tertiary/aromatic N) is 2. The second-order valence-corrected chi connectivity index (χ2v) is 8.22. The number of fused-ring (bicyclic) bond motifs is 2. The van der Waals surface area contributed by atoms with Crippen molar-refractivity contribution in [1.82, 2.24) is 15.1 Å². The summed E-state index contributed by atoms with van der Waals surface area (Å²) >= 11 is 0. The predicted molar refractivity (Wildman–Crippen MR) is 108 cm³/mol. The summed E-state index contributed by atoms with van der Waals surface area (Å²) in [6, 6.07) is 8.99. The summed E-state index contributed by atoms with van der Waals surface area (Å²) in [6.07, 6.45) is 5.52. The van der Waals surface area contributed by atoms with Crippen molar-refractivity contribution >= 4 is 24.2 Å². The van der Waals surface area contributed by atoms with Crippen LogP contribution in [0.1, 0.15) is 48.0 Å². The van der Waals surface area contributed by atoms with E-state index >= 15 is 0 Å². The molecule has 1 N–H and O–H groups in total. The summed E-state index contributed by atoms with van der Waals surface area (Å²) in [5.41, 5.74) is 1.89. The third-order valence-corrected chi connectivity index (χ3v) is 6.25.